The molecule has 4 nitrogen and oxygen atoms in total. The molecule has 4 heteroatoms. The van der Waals surface area contributed by atoms with Gasteiger partial charge in [0.1, 0.15) is 0 Å². The molecule has 1 amide bonds. The van der Waals surface area contributed by atoms with E-state index in [0.717, 1.165) is 25.7 Å². The Labute approximate surface area is 122 Å². The van der Waals surface area contributed by atoms with Crippen LogP contribution in [0, 0.1) is 5.92 Å². The number of aliphatic hydroxyl groups is 1. The summed E-state index contributed by atoms with van der Waals surface area (Å²) < 4.78 is 0. The Balaban J connectivity index is 1.91. The van der Waals surface area contributed by atoms with E-state index in [9.17, 15) is 9.90 Å². The third-order valence-electron chi connectivity index (χ3n) is 5.08. The zero-order chi connectivity index (χ0) is 14.4. The van der Waals surface area contributed by atoms with E-state index in [-0.39, 0.29) is 18.6 Å². The maximum atomic E-state index is 12.6. The Hall–Kier alpha value is -0.610. The first-order valence-electron chi connectivity index (χ1n) is 8.38. The topological polar surface area (TPSA) is 66.6 Å². The molecule has 0 aromatic rings. The number of nitrogens with zero attached hydrogens (tertiary/aromatic N) is 1. The van der Waals surface area contributed by atoms with E-state index in [1.165, 1.54) is 32.1 Å². The van der Waals surface area contributed by atoms with E-state index in [1.807, 2.05) is 4.90 Å². The van der Waals surface area contributed by atoms with Crippen LogP contribution >= 0.6 is 0 Å². The number of nitrogens with two attached hydrogens (primary N) is 1. The molecule has 0 saturated heterocycles. The normalized spacial score (nSPS) is 28.3. The van der Waals surface area contributed by atoms with Crippen LogP contribution in [-0.2, 0) is 4.79 Å². The summed E-state index contributed by atoms with van der Waals surface area (Å²) in [4.78, 5) is 14.6. The third-order valence-corrected chi connectivity index (χ3v) is 5.08. The average molecular weight is 282 g/mol. The predicted octanol–water partition coefficient (Wildman–Crippen LogP) is 2.05. The molecular weight excluding hydrogens is 252 g/mol. The van der Waals surface area contributed by atoms with Gasteiger partial charge >= 0.3 is 0 Å². The van der Waals surface area contributed by atoms with Crippen LogP contribution in [-0.4, -0.2) is 41.1 Å². The molecule has 0 spiro atoms. The van der Waals surface area contributed by atoms with Crippen LogP contribution in [0.3, 0.4) is 0 Å². The van der Waals surface area contributed by atoms with Crippen molar-refractivity contribution in [3.05, 3.63) is 0 Å². The van der Waals surface area contributed by atoms with Gasteiger partial charge in [-0.05, 0) is 31.6 Å². The zero-order valence-corrected chi connectivity index (χ0v) is 12.6. The van der Waals surface area contributed by atoms with Crippen molar-refractivity contribution in [1.82, 2.24) is 4.90 Å². The first kappa shape index (κ1) is 15.8. The lowest BCUT2D eigenvalue weighted by Crippen LogP contribution is -2.45. The van der Waals surface area contributed by atoms with Crippen molar-refractivity contribution in [1.29, 1.82) is 0 Å². The first-order valence-corrected chi connectivity index (χ1v) is 8.38. The largest absolute Gasteiger partial charge is 0.395 e. The van der Waals surface area contributed by atoms with Gasteiger partial charge in [-0.15, -0.1) is 0 Å². The van der Waals surface area contributed by atoms with Crippen molar-refractivity contribution in [3.8, 4) is 0 Å². The molecular formula is C16H30N2O2. The highest BCUT2D eigenvalue weighted by molar-refractivity contribution is 5.77. The summed E-state index contributed by atoms with van der Waals surface area (Å²) in [5.74, 6) is 0.564. The summed E-state index contributed by atoms with van der Waals surface area (Å²) >= 11 is 0. The second-order valence-corrected chi connectivity index (χ2v) is 6.52. The molecule has 0 aliphatic heterocycles. The molecule has 2 saturated carbocycles. The Bertz CT molecular complexity index is 303. The van der Waals surface area contributed by atoms with E-state index in [2.05, 4.69) is 0 Å². The number of carbonyl (C=O) groups is 1. The maximum Gasteiger partial charge on any atom is 0.223 e. The van der Waals surface area contributed by atoms with E-state index >= 15 is 0 Å². The molecule has 2 atom stereocenters. The highest BCUT2D eigenvalue weighted by Gasteiger charge is 2.29. The standard InChI is InChI=1S/C16H30N2O2/c17-15-9-5-4-6-13(15)12-16(20)18(10-11-19)14-7-2-1-3-8-14/h13-15,19H,1-12,17H2. The lowest BCUT2D eigenvalue weighted by molar-refractivity contribution is -0.136. The molecule has 0 bridgehead atoms. The van der Waals surface area contributed by atoms with Crippen molar-refractivity contribution < 1.29 is 9.90 Å². The summed E-state index contributed by atoms with van der Waals surface area (Å²) in [5.41, 5.74) is 6.16. The van der Waals surface area contributed by atoms with Gasteiger partial charge in [0.05, 0.1) is 6.61 Å². The van der Waals surface area contributed by atoms with Crippen molar-refractivity contribution in [2.24, 2.45) is 11.7 Å². The van der Waals surface area contributed by atoms with Crippen LogP contribution in [0.15, 0.2) is 0 Å². The minimum Gasteiger partial charge on any atom is -0.395 e. The highest BCUT2D eigenvalue weighted by atomic mass is 16.3. The molecule has 2 aliphatic rings. The summed E-state index contributed by atoms with van der Waals surface area (Å²) in [5, 5.41) is 9.26. The molecule has 3 N–H and O–H groups in total. The minimum atomic E-state index is 0.0684. The molecule has 0 radical (unpaired) electrons. The Morgan fingerprint density at radius 3 is 2.35 bits per heavy atom. The summed E-state index contributed by atoms with van der Waals surface area (Å²) in [6.07, 6.45) is 11.0. The van der Waals surface area contributed by atoms with Crippen LogP contribution in [0.1, 0.15) is 64.2 Å². The van der Waals surface area contributed by atoms with Crippen molar-refractivity contribution in [2.45, 2.75) is 76.3 Å². The van der Waals surface area contributed by atoms with Crippen molar-refractivity contribution >= 4 is 5.91 Å². The van der Waals surface area contributed by atoms with E-state index in [1.54, 1.807) is 0 Å². The number of rotatable bonds is 5. The minimum absolute atomic E-state index is 0.0684. The first-order chi connectivity index (χ1) is 9.72. The monoisotopic (exact) mass is 282 g/mol. The van der Waals surface area contributed by atoms with Gasteiger partial charge < -0.3 is 15.7 Å². The Kier molecular flexibility index (Phi) is 6.30. The lowest BCUT2D eigenvalue weighted by atomic mass is 9.82. The van der Waals surface area contributed by atoms with Crippen LogP contribution in [0.2, 0.25) is 0 Å². The van der Waals surface area contributed by atoms with E-state index in [4.69, 9.17) is 5.73 Å². The number of amides is 1. The lowest BCUT2D eigenvalue weighted by Gasteiger charge is -2.36. The average Bonchev–Trinajstić information content (AvgIpc) is 2.48. The molecule has 2 fully saturated rings. The van der Waals surface area contributed by atoms with Gasteiger partial charge in [0.2, 0.25) is 5.91 Å². The van der Waals surface area contributed by atoms with Gasteiger partial charge in [-0.3, -0.25) is 4.79 Å². The zero-order valence-electron chi connectivity index (χ0n) is 12.6. The fourth-order valence-electron chi connectivity index (χ4n) is 3.84. The second kappa shape index (κ2) is 7.99. The highest BCUT2D eigenvalue weighted by Crippen LogP contribution is 2.28. The summed E-state index contributed by atoms with van der Waals surface area (Å²) in [6.45, 7) is 0.560. The number of hydrogen-bond donors (Lipinski definition) is 2. The van der Waals surface area contributed by atoms with Gasteiger partial charge in [-0.25, -0.2) is 0 Å². The molecule has 2 aliphatic carbocycles. The molecule has 20 heavy (non-hydrogen) atoms. The molecule has 2 unspecified atom stereocenters. The molecule has 0 aromatic carbocycles. The van der Waals surface area contributed by atoms with E-state index in [0.29, 0.717) is 24.9 Å². The van der Waals surface area contributed by atoms with Crippen molar-refractivity contribution in [3.63, 3.8) is 0 Å². The number of carbonyl (C=O) groups excluding carboxylic acids is 1. The van der Waals surface area contributed by atoms with Crippen molar-refractivity contribution in [2.75, 3.05) is 13.2 Å². The van der Waals surface area contributed by atoms with Crippen LogP contribution < -0.4 is 5.73 Å². The Morgan fingerprint density at radius 1 is 1.05 bits per heavy atom. The molecule has 0 heterocycles. The van der Waals surface area contributed by atoms with E-state index < -0.39 is 0 Å². The van der Waals surface area contributed by atoms with Crippen LogP contribution in [0.4, 0.5) is 0 Å². The number of hydrogen-bond acceptors (Lipinski definition) is 3. The molecule has 2 rings (SSSR count). The Morgan fingerprint density at radius 2 is 1.70 bits per heavy atom. The second-order valence-electron chi connectivity index (χ2n) is 6.52. The van der Waals surface area contributed by atoms with Crippen LogP contribution in [0.25, 0.3) is 0 Å². The summed E-state index contributed by atoms with van der Waals surface area (Å²) in [7, 11) is 0. The fourth-order valence-corrected chi connectivity index (χ4v) is 3.84. The van der Waals surface area contributed by atoms with Gasteiger partial charge in [0.15, 0.2) is 0 Å². The third kappa shape index (κ3) is 4.19. The summed E-state index contributed by atoms with van der Waals surface area (Å²) in [6, 6.07) is 0.540. The van der Waals surface area contributed by atoms with Crippen LogP contribution in [0.5, 0.6) is 0 Å². The quantitative estimate of drug-likeness (QED) is 0.811. The molecule has 116 valence electrons. The van der Waals surface area contributed by atoms with Gasteiger partial charge in [-0.2, -0.15) is 0 Å². The molecule has 0 aromatic heterocycles. The SMILES string of the molecule is NC1CCCCC1CC(=O)N(CCO)C1CCCCC1. The van der Waals surface area contributed by atoms with Gasteiger partial charge in [-0.1, -0.05) is 32.1 Å². The number of aliphatic hydroxyl groups excluding tert-OH is 1. The smallest absolute Gasteiger partial charge is 0.223 e. The predicted molar refractivity (Wildman–Crippen MR) is 80.2 cm³/mol. The van der Waals surface area contributed by atoms with Gasteiger partial charge in [0, 0.05) is 25.0 Å². The fraction of sp³-hybridized carbons (Fsp3) is 0.938. The maximum absolute atomic E-state index is 12.6. The van der Waals surface area contributed by atoms with Gasteiger partial charge in [0.25, 0.3) is 0 Å².